The van der Waals surface area contributed by atoms with Crippen LogP contribution in [0.4, 0.5) is 22.0 Å². The van der Waals surface area contributed by atoms with Crippen LogP contribution in [-0.4, -0.2) is 64.2 Å². The number of aromatic hydroxyl groups is 1. The van der Waals surface area contributed by atoms with Crippen LogP contribution in [0.1, 0.15) is 43.6 Å². The maximum atomic E-state index is 14.6. The highest BCUT2D eigenvalue weighted by Gasteiger charge is 2.40. The van der Waals surface area contributed by atoms with Crippen molar-refractivity contribution in [3.8, 4) is 5.75 Å². The van der Waals surface area contributed by atoms with Gasteiger partial charge in [0, 0.05) is 12.0 Å². The topological polar surface area (TPSA) is 154 Å². The Hall–Kier alpha value is -4.27. The van der Waals surface area contributed by atoms with Crippen molar-refractivity contribution in [2.45, 2.75) is 64.4 Å². The predicted molar refractivity (Wildman–Crippen MR) is 139 cm³/mol. The molecule has 2 aromatic carbocycles. The fourth-order valence-electron chi connectivity index (χ4n) is 4.47. The van der Waals surface area contributed by atoms with Gasteiger partial charge in [0.15, 0.2) is 23.3 Å². The number of para-hydroxylation sites is 1. The zero-order chi connectivity index (χ0) is 32.3. The number of phenols is 1. The van der Waals surface area contributed by atoms with Crippen molar-refractivity contribution in [1.29, 1.82) is 0 Å². The van der Waals surface area contributed by atoms with Gasteiger partial charge >= 0.3 is 5.97 Å². The summed E-state index contributed by atoms with van der Waals surface area (Å²) in [5.41, 5.74) is -1.66. The molecule has 10 nitrogen and oxygen atoms in total. The number of benzene rings is 2. The van der Waals surface area contributed by atoms with Gasteiger partial charge in [-0.25, -0.2) is 26.7 Å². The summed E-state index contributed by atoms with van der Waals surface area (Å²) < 4.78 is 76.1. The first kappa shape index (κ1) is 33.2. The van der Waals surface area contributed by atoms with E-state index in [2.05, 4.69) is 16.0 Å². The first-order chi connectivity index (χ1) is 20.1. The molecule has 3 rings (SSSR count). The lowest BCUT2D eigenvalue weighted by Crippen LogP contribution is -2.61. The lowest BCUT2D eigenvalue weighted by Gasteiger charge is -2.34. The number of esters is 1. The van der Waals surface area contributed by atoms with Gasteiger partial charge in [-0.05, 0) is 25.0 Å². The third-order valence-corrected chi connectivity index (χ3v) is 7.10. The van der Waals surface area contributed by atoms with Crippen molar-refractivity contribution >= 4 is 23.7 Å². The Labute approximate surface area is 242 Å². The number of carbonyl (C=O) groups excluding carboxylic acids is 4. The molecule has 0 radical (unpaired) electrons. The summed E-state index contributed by atoms with van der Waals surface area (Å²) >= 11 is 0. The van der Waals surface area contributed by atoms with Crippen LogP contribution in [0, 0.1) is 40.9 Å². The Morgan fingerprint density at radius 2 is 1.49 bits per heavy atom. The maximum Gasteiger partial charge on any atom is 0.329 e. The molecule has 2 aromatic rings. The second-order valence-corrected chi connectivity index (χ2v) is 10.5. The van der Waals surface area contributed by atoms with Gasteiger partial charge < -0.3 is 30.9 Å². The number of nitrogens with one attached hydrogen (secondary N) is 3. The number of halogens is 5. The Morgan fingerprint density at radius 3 is 2.05 bits per heavy atom. The average molecular weight is 616 g/mol. The van der Waals surface area contributed by atoms with Crippen LogP contribution >= 0.6 is 0 Å². The number of aliphatic hydroxyl groups excluding tert-OH is 1. The molecule has 0 spiro atoms. The minimum absolute atomic E-state index is 0.279. The van der Waals surface area contributed by atoms with E-state index in [0.717, 1.165) is 6.92 Å². The average Bonchev–Trinajstić information content (AvgIpc) is 2.96. The van der Waals surface area contributed by atoms with Crippen molar-refractivity contribution in [1.82, 2.24) is 16.0 Å². The maximum absolute atomic E-state index is 14.6. The van der Waals surface area contributed by atoms with E-state index in [1.165, 1.54) is 31.2 Å². The van der Waals surface area contributed by atoms with Gasteiger partial charge in [0.2, 0.25) is 17.6 Å². The summed E-state index contributed by atoms with van der Waals surface area (Å²) in [4.78, 5) is 52.4. The molecule has 1 fully saturated rings. The lowest BCUT2D eigenvalue weighted by atomic mass is 9.90. The van der Waals surface area contributed by atoms with Crippen molar-refractivity contribution in [2.24, 2.45) is 11.8 Å². The van der Waals surface area contributed by atoms with E-state index < -0.39 is 113 Å². The predicted octanol–water partition coefficient (Wildman–Crippen LogP) is 2.00. The molecular formula is C28H30F5N3O7. The van der Waals surface area contributed by atoms with E-state index in [1.54, 1.807) is 13.8 Å². The molecule has 0 aromatic heterocycles. The van der Waals surface area contributed by atoms with Crippen LogP contribution in [0.2, 0.25) is 0 Å². The summed E-state index contributed by atoms with van der Waals surface area (Å²) in [6, 6.07) is 0.282. The molecule has 1 unspecified atom stereocenters. The van der Waals surface area contributed by atoms with Crippen molar-refractivity contribution in [2.75, 3.05) is 0 Å². The molecule has 15 heteroatoms. The number of rotatable bonds is 5. The van der Waals surface area contributed by atoms with Crippen LogP contribution in [0.5, 0.6) is 5.75 Å². The summed E-state index contributed by atoms with van der Waals surface area (Å²) in [5.74, 6) is -18.1. The summed E-state index contributed by atoms with van der Waals surface area (Å²) in [6.07, 6.45) is -4.67. The van der Waals surface area contributed by atoms with E-state index in [1.807, 2.05) is 0 Å². The fraction of sp³-hybridized carbons (Fsp3) is 0.429. The van der Waals surface area contributed by atoms with Crippen LogP contribution in [-0.2, 0) is 25.5 Å². The Bertz CT molecular complexity index is 1390. The summed E-state index contributed by atoms with van der Waals surface area (Å²) in [6.45, 7) is 5.46. The molecule has 0 saturated carbocycles. The molecule has 0 aliphatic carbocycles. The largest absolute Gasteiger partial charge is 0.507 e. The molecule has 6 atom stereocenters. The number of hydrogen-bond donors (Lipinski definition) is 5. The number of carbonyl (C=O) groups is 4. The number of ether oxygens (including phenoxy) is 1. The van der Waals surface area contributed by atoms with Gasteiger partial charge in [-0.3, -0.25) is 14.4 Å². The van der Waals surface area contributed by atoms with Gasteiger partial charge in [-0.15, -0.1) is 0 Å². The molecule has 5 N–H and O–H groups in total. The lowest BCUT2D eigenvalue weighted by molar-refractivity contribution is -0.157. The Balaban J connectivity index is 2.10. The number of aliphatic hydroxyl groups is 1. The van der Waals surface area contributed by atoms with Crippen molar-refractivity contribution in [3.05, 3.63) is 64.5 Å². The van der Waals surface area contributed by atoms with Gasteiger partial charge in [-0.1, -0.05) is 32.9 Å². The molecule has 1 aliphatic rings. The number of amides is 3. The minimum atomic E-state index is -2.42. The Kier molecular flexibility index (Phi) is 10.3. The Morgan fingerprint density at radius 1 is 0.930 bits per heavy atom. The van der Waals surface area contributed by atoms with E-state index >= 15 is 0 Å². The molecule has 1 heterocycles. The second kappa shape index (κ2) is 13.4. The van der Waals surface area contributed by atoms with E-state index in [4.69, 9.17) is 4.74 Å². The van der Waals surface area contributed by atoms with Crippen LogP contribution in [0.25, 0.3) is 0 Å². The SMILES string of the molecule is CC(C)C1NC(=O)[C@H](C)[C@H](O)[C@H](Cc2c(F)c(F)c(F)c(F)c2F)NC(=O)[C@@H](NC(=O)c2ccccc2O)[C@@H](C)OC1=O. The number of hydrogen-bond acceptors (Lipinski definition) is 7. The van der Waals surface area contributed by atoms with Gasteiger partial charge in [-0.2, -0.15) is 0 Å². The first-order valence-electron chi connectivity index (χ1n) is 13.1. The molecule has 234 valence electrons. The molecule has 43 heavy (non-hydrogen) atoms. The standard InChI is InChI=1S/C28H30F5N3O7/c1-10(2)22-28(42)43-12(4)23(36-26(40)13-7-5-6-8-16(13)37)27(41)34-15(24(38)11(3)25(39)35-22)9-14-17(29)19(31)21(33)20(32)18(14)30/h5-8,10-12,15,22-24,37-38H,9H2,1-4H3,(H,34,41)(H,35,39)(H,36,40)/t11-,12-,15+,22?,23+,24+/m1/s1. The summed E-state index contributed by atoms with van der Waals surface area (Å²) in [7, 11) is 0. The molecular weight excluding hydrogens is 585 g/mol. The van der Waals surface area contributed by atoms with Crippen molar-refractivity contribution in [3.63, 3.8) is 0 Å². The van der Waals surface area contributed by atoms with Crippen LogP contribution in [0.3, 0.4) is 0 Å². The number of cyclic esters (lactones) is 1. The second-order valence-electron chi connectivity index (χ2n) is 10.5. The quantitative estimate of drug-likeness (QED) is 0.149. The molecule has 1 saturated heterocycles. The number of phenolic OH excluding ortho intramolecular Hbond substituents is 1. The van der Waals surface area contributed by atoms with Gasteiger partial charge in [0.05, 0.1) is 23.6 Å². The highest BCUT2D eigenvalue weighted by molar-refractivity contribution is 6.00. The normalized spacial score (nSPS) is 25.2. The highest BCUT2D eigenvalue weighted by atomic mass is 19.2. The molecule has 1 aliphatic heterocycles. The smallest absolute Gasteiger partial charge is 0.329 e. The first-order valence-corrected chi connectivity index (χ1v) is 13.1. The highest BCUT2D eigenvalue weighted by Crippen LogP contribution is 2.26. The minimum Gasteiger partial charge on any atom is -0.507 e. The third-order valence-electron chi connectivity index (χ3n) is 7.10. The third kappa shape index (κ3) is 7.04. The van der Waals surface area contributed by atoms with Crippen LogP contribution < -0.4 is 16.0 Å². The van der Waals surface area contributed by atoms with Crippen LogP contribution in [0.15, 0.2) is 24.3 Å². The zero-order valence-electron chi connectivity index (χ0n) is 23.4. The van der Waals surface area contributed by atoms with Gasteiger partial charge in [0.1, 0.15) is 23.9 Å². The van der Waals surface area contributed by atoms with E-state index in [9.17, 15) is 51.3 Å². The molecule has 0 bridgehead atoms. The van der Waals surface area contributed by atoms with E-state index in [0.29, 0.717) is 0 Å². The summed E-state index contributed by atoms with van der Waals surface area (Å²) in [5, 5.41) is 28.0. The van der Waals surface area contributed by atoms with Gasteiger partial charge in [0.25, 0.3) is 5.91 Å². The fourth-order valence-corrected chi connectivity index (χ4v) is 4.47. The molecule has 3 amide bonds. The van der Waals surface area contributed by atoms with E-state index in [-0.39, 0.29) is 5.56 Å². The zero-order valence-corrected chi connectivity index (χ0v) is 23.4. The van der Waals surface area contributed by atoms with Crippen molar-refractivity contribution < 1.29 is 56.1 Å². The monoisotopic (exact) mass is 615 g/mol.